The first-order valence-corrected chi connectivity index (χ1v) is 4.40. The van der Waals surface area contributed by atoms with E-state index in [0.717, 1.165) is 0 Å². The molecule has 2 nitrogen and oxygen atoms in total. The van der Waals surface area contributed by atoms with Gasteiger partial charge in [0.2, 0.25) is 0 Å². The first-order chi connectivity index (χ1) is 6.83. The van der Waals surface area contributed by atoms with Crippen LogP contribution in [0.2, 0.25) is 0 Å². The summed E-state index contributed by atoms with van der Waals surface area (Å²) in [6.07, 6.45) is -9.45. The van der Waals surface area contributed by atoms with Crippen LogP contribution in [-0.2, 0) is 54.2 Å². The van der Waals surface area contributed by atoms with Gasteiger partial charge in [-0.25, -0.2) is 0 Å². The molecule has 0 heterocycles. The molecule has 0 N–H and O–H groups in total. The largest absolute Gasteiger partial charge is 2.00 e. The van der Waals surface area contributed by atoms with Gasteiger partial charge in [0.25, 0.3) is 0 Å². The van der Waals surface area contributed by atoms with Gasteiger partial charge in [0.05, 0.1) is 0 Å². The molecule has 0 atom stereocenters. The molecule has 0 radical (unpaired) electrons. The van der Waals surface area contributed by atoms with Gasteiger partial charge in [0.15, 0.2) is 0 Å². The summed E-state index contributed by atoms with van der Waals surface area (Å²) in [4.78, 5) is 0. The smallest absolute Gasteiger partial charge is 0.427 e. The predicted molar refractivity (Wildman–Crippen MR) is 54.2 cm³/mol. The van der Waals surface area contributed by atoms with Gasteiger partial charge in [-0.2, -0.15) is 0 Å². The minimum absolute atomic E-state index is 0. The molecule has 0 aromatic heterocycles. The van der Waals surface area contributed by atoms with Crippen molar-refractivity contribution in [2.24, 2.45) is 0 Å². The van der Waals surface area contributed by atoms with Gasteiger partial charge in [-0.05, 0) is 0 Å². The average molecular weight is 388 g/mol. The van der Waals surface area contributed by atoms with Crippen LogP contribution in [0.5, 0.6) is 0 Å². The molecule has 0 bridgehead atoms. The van der Waals surface area contributed by atoms with Gasteiger partial charge in [-0.3, -0.25) is 0 Å². The maximum Gasteiger partial charge on any atom is 2.00 e. The van der Waals surface area contributed by atoms with Crippen molar-refractivity contribution in [2.75, 3.05) is 0 Å². The summed E-state index contributed by atoms with van der Waals surface area (Å²) in [7, 11) is 0. The Morgan fingerprint density at radius 1 is 0.765 bits per heavy atom. The summed E-state index contributed by atoms with van der Waals surface area (Å²) in [5, 5.41) is 0. The zero-order valence-electron chi connectivity index (χ0n) is 7.42. The molecule has 0 rings (SSSR count). The number of hydrogen-bond donors (Lipinski definition) is 0. The van der Waals surface area contributed by atoms with E-state index in [1.54, 1.807) is 0 Å². The fraction of sp³-hybridized carbons (Fsp3) is 0.500. The van der Waals surface area contributed by atoms with Crippen LogP contribution in [0.15, 0.2) is 0 Å². The topological polar surface area (TPSA) is 18.5 Å². The number of alkyl halides is 6. The van der Waals surface area contributed by atoms with Crippen molar-refractivity contribution in [3.8, 4) is 0 Å². The molecule has 0 saturated carbocycles. The second-order valence-electron chi connectivity index (χ2n) is 1.60. The summed E-state index contributed by atoms with van der Waals surface area (Å²) < 4.78 is 69.7. The third-order valence-corrected chi connectivity index (χ3v) is 0.731. The normalized spacial score (nSPS) is 10.2. The first-order valence-electron chi connectivity index (χ1n) is 2.77. The number of ether oxygens (including phenoxy) is 2. The van der Waals surface area contributed by atoms with Gasteiger partial charge >= 0.3 is 32.2 Å². The van der Waals surface area contributed by atoms with Gasteiger partial charge in [-0.15, -0.1) is 26.3 Å². The van der Waals surface area contributed by atoms with E-state index in [2.05, 4.69) is 59.2 Å². The summed E-state index contributed by atoms with van der Waals surface area (Å²) >= 11 is 15.3. The van der Waals surface area contributed by atoms with E-state index in [1.165, 1.54) is 0 Å². The molecule has 0 spiro atoms. The second-order valence-corrected chi connectivity index (χ2v) is 3.60. The van der Waals surface area contributed by atoms with E-state index in [0.29, 0.717) is 0 Å². The fourth-order valence-corrected chi connectivity index (χ4v) is 0.567. The van der Waals surface area contributed by atoms with Crippen molar-refractivity contribution >= 4 is 58.5 Å². The Bertz CT molecular complexity index is 227. The number of halogens is 6. The Kier molecular flexibility index (Phi) is 12.4. The number of thiocarbonyl (C=S) groups is 2. The first kappa shape index (κ1) is 22.6. The fourth-order valence-electron chi connectivity index (χ4n) is 0.189. The van der Waals surface area contributed by atoms with Crippen molar-refractivity contribution in [2.45, 2.75) is 12.7 Å². The third-order valence-electron chi connectivity index (χ3n) is 0.398. The molecule has 0 aliphatic carbocycles. The molecule has 0 aliphatic heterocycles. The van der Waals surface area contributed by atoms with Gasteiger partial charge in [0.1, 0.15) is 0 Å². The minimum atomic E-state index is -4.72. The monoisotopic (exact) mass is 386 g/mol. The maximum absolute atomic E-state index is 10.9. The van der Waals surface area contributed by atoms with Crippen molar-refractivity contribution in [3.63, 3.8) is 0 Å². The van der Waals surface area contributed by atoms with E-state index in [1.807, 2.05) is 0 Å². The molecule has 0 aromatic carbocycles. The Morgan fingerprint density at radius 2 is 0.941 bits per heavy atom. The molecule has 0 amide bonds. The second kappa shape index (κ2) is 9.37. The average Bonchev–Trinajstić information content (AvgIpc) is 1.72. The Balaban J connectivity index is -0.000000218. The Hall–Kier alpha value is 0.423. The van der Waals surface area contributed by atoms with E-state index in [9.17, 15) is 26.3 Å². The van der Waals surface area contributed by atoms with Crippen molar-refractivity contribution in [3.05, 3.63) is 0 Å². The summed E-state index contributed by atoms with van der Waals surface area (Å²) in [6.45, 7) is 0. The van der Waals surface area contributed by atoms with Crippen molar-refractivity contribution < 1.29 is 55.3 Å². The van der Waals surface area contributed by atoms with E-state index in [-0.39, 0.29) is 19.5 Å². The maximum atomic E-state index is 10.9. The third kappa shape index (κ3) is 31.4. The van der Waals surface area contributed by atoms with Crippen LogP contribution >= 0.6 is 24.4 Å². The molecule has 0 aliphatic rings. The molecule has 17 heavy (non-hydrogen) atoms. The van der Waals surface area contributed by atoms with Gasteiger partial charge in [0, 0.05) is 8.77 Å². The number of rotatable bonds is 0. The van der Waals surface area contributed by atoms with Crippen molar-refractivity contribution in [1.82, 2.24) is 0 Å². The van der Waals surface area contributed by atoms with Crippen LogP contribution in [0.25, 0.3) is 0 Å². The van der Waals surface area contributed by atoms with E-state index < -0.39 is 21.5 Å². The van der Waals surface area contributed by atoms with Crippen LogP contribution < -0.4 is 0 Å². The van der Waals surface area contributed by atoms with Crippen LogP contribution in [0.4, 0.5) is 26.3 Å². The van der Waals surface area contributed by atoms with E-state index >= 15 is 0 Å². The molecular formula is C4F6O2S4Zn. The van der Waals surface area contributed by atoms with Crippen LogP contribution in [0, 0.1) is 0 Å². The molecule has 13 heteroatoms. The zero-order chi connectivity index (χ0) is 13.6. The van der Waals surface area contributed by atoms with Gasteiger partial charge in [-0.1, -0.05) is 0 Å². The van der Waals surface area contributed by atoms with Crippen LogP contribution in [-0.4, -0.2) is 21.5 Å². The molecule has 96 valence electrons. The molecule has 0 fully saturated rings. The van der Waals surface area contributed by atoms with E-state index in [4.69, 9.17) is 0 Å². The summed E-state index contributed by atoms with van der Waals surface area (Å²) in [6, 6.07) is 0. The van der Waals surface area contributed by atoms with Crippen LogP contribution in [0.3, 0.4) is 0 Å². The molecular weight excluding hydrogens is 388 g/mol. The Morgan fingerprint density at radius 3 is 0.941 bits per heavy atom. The van der Waals surface area contributed by atoms with Crippen LogP contribution in [0.1, 0.15) is 0 Å². The van der Waals surface area contributed by atoms with Gasteiger partial charge < -0.3 is 59.2 Å². The predicted octanol–water partition coefficient (Wildman–Crippen LogP) is 2.71. The number of hydrogen-bond acceptors (Lipinski definition) is 6. The standard InChI is InChI=1S/2C2HF3OS2.Zn/c2*3-2(4,5)6-1(7)8;/h2*(H,7,8);/q;;+2/p-2. The Labute approximate surface area is 126 Å². The molecule has 0 unspecified atom stereocenters. The zero-order valence-corrected chi connectivity index (χ0v) is 13.7. The molecule has 0 saturated heterocycles. The quantitative estimate of drug-likeness (QED) is 0.273. The molecule has 0 aromatic rings. The summed E-state index contributed by atoms with van der Waals surface area (Å²) in [5.74, 6) is 0. The summed E-state index contributed by atoms with van der Waals surface area (Å²) in [5.41, 5.74) is 0. The minimum Gasteiger partial charge on any atom is -0.427 e. The van der Waals surface area contributed by atoms with Crippen molar-refractivity contribution in [1.29, 1.82) is 0 Å². The SMILES string of the molecule is FC(F)(F)OC(=S)[S-].FC(F)(F)OC(=S)[S-].[Zn+2].